The van der Waals surface area contributed by atoms with Gasteiger partial charge in [0.2, 0.25) is 0 Å². The molecule has 0 saturated heterocycles. The van der Waals surface area contributed by atoms with Gasteiger partial charge in [-0.2, -0.15) is 5.10 Å². The van der Waals surface area contributed by atoms with Gasteiger partial charge in [0, 0.05) is 13.0 Å². The maximum Gasteiger partial charge on any atom is 0.257 e. The number of thiophene rings is 1. The van der Waals surface area contributed by atoms with E-state index in [2.05, 4.69) is 5.10 Å². The van der Waals surface area contributed by atoms with E-state index in [0.29, 0.717) is 13.0 Å². The Kier molecular flexibility index (Phi) is 4.90. The van der Waals surface area contributed by atoms with Crippen molar-refractivity contribution in [2.24, 2.45) is 5.10 Å². The Morgan fingerprint density at radius 3 is 3.04 bits per heavy atom. The van der Waals surface area contributed by atoms with Gasteiger partial charge in [-0.15, -0.1) is 11.3 Å². The molecule has 7 heteroatoms. The van der Waals surface area contributed by atoms with Crippen molar-refractivity contribution in [3.05, 3.63) is 46.5 Å². The number of hydrogen-bond acceptors (Lipinski definition) is 6. The van der Waals surface area contributed by atoms with E-state index in [9.17, 15) is 4.79 Å². The maximum absolute atomic E-state index is 12.6. The molecule has 0 fully saturated rings. The second-order valence-electron chi connectivity index (χ2n) is 5.46. The van der Waals surface area contributed by atoms with Gasteiger partial charge >= 0.3 is 0 Å². The van der Waals surface area contributed by atoms with Crippen molar-refractivity contribution in [3.63, 3.8) is 0 Å². The molecular weight excluding hydrogens is 314 g/mol. The Morgan fingerprint density at radius 1 is 1.52 bits per heavy atom. The van der Waals surface area contributed by atoms with E-state index in [1.165, 1.54) is 5.01 Å². The first-order valence-corrected chi connectivity index (χ1v) is 8.33. The van der Waals surface area contributed by atoms with Gasteiger partial charge < -0.3 is 9.52 Å². The van der Waals surface area contributed by atoms with Crippen molar-refractivity contribution in [2.75, 3.05) is 26.7 Å². The molecule has 0 aromatic carbocycles. The first-order chi connectivity index (χ1) is 11.2. The lowest BCUT2D eigenvalue weighted by Gasteiger charge is -2.22. The number of likely N-dealkylation sites (N-methyl/N-ethyl adjacent to an activating group) is 1. The molecule has 0 saturated carbocycles. The standard InChI is InChI=1S/C16H19N3O3S/c1-18(6-7-20)11-16(21)19-13(14-4-2-8-22-14)10-12(17-19)15-5-3-9-23-15/h2-5,8-9,13,20H,6-7,10-11H2,1H3. The zero-order valence-electron chi connectivity index (χ0n) is 12.9. The van der Waals surface area contributed by atoms with Crippen LogP contribution in [0.25, 0.3) is 0 Å². The number of amides is 1. The third-order valence-electron chi connectivity index (χ3n) is 3.73. The van der Waals surface area contributed by atoms with Crippen LogP contribution < -0.4 is 0 Å². The zero-order valence-corrected chi connectivity index (χ0v) is 13.7. The van der Waals surface area contributed by atoms with Gasteiger partial charge in [-0.1, -0.05) is 6.07 Å². The summed E-state index contributed by atoms with van der Waals surface area (Å²) in [6.07, 6.45) is 2.25. The van der Waals surface area contributed by atoms with Crippen LogP contribution in [0.4, 0.5) is 0 Å². The quantitative estimate of drug-likeness (QED) is 0.877. The molecule has 0 spiro atoms. The highest BCUT2D eigenvalue weighted by Gasteiger charge is 2.35. The molecule has 1 N–H and O–H groups in total. The Bertz CT molecular complexity index is 667. The Morgan fingerprint density at radius 2 is 2.39 bits per heavy atom. The summed E-state index contributed by atoms with van der Waals surface area (Å²) in [5.74, 6) is 0.632. The van der Waals surface area contributed by atoms with Gasteiger partial charge in [-0.3, -0.25) is 9.69 Å². The first kappa shape index (κ1) is 15.9. The van der Waals surface area contributed by atoms with E-state index in [-0.39, 0.29) is 25.1 Å². The average molecular weight is 333 g/mol. The van der Waals surface area contributed by atoms with Crippen molar-refractivity contribution in [1.29, 1.82) is 0 Å². The third kappa shape index (κ3) is 3.52. The molecule has 0 bridgehead atoms. The molecule has 2 aromatic rings. The van der Waals surface area contributed by atoms with Gasteiger partial charge in [-0.25, -0.2) is 5.01 Å². The van der Waals surface area contributed by atoms with Crippen molar-refractivity contribution in [3.8, 4) is 0 Å². The monoisotopic (exact) mass is 333 g/mol. The number of nitrogens with zero attached hydrogens (tertiary/aromatic N) is 3. The number of carbonyl (C=O) groups is 1. The maximum atomic E-state index is 12.6. The molecule has 1 aliphatic rings. The molecule has 122 valence electrons. The number of hydrogen-bond donors (Lipinski definition) is 1. The molecular formula is C16H19N3O3S. The average Bonchev–Trinajstić information content (AvgIpc) is 3.27. The van der Waals surface area contributed by atoms with Crippen LogP contribution in [0.1, 0.15) is 23.1 Å². The number of aliphatic hydroxyl groups is 1. The second-order valence-corrected chi connectivity index (χ2v) is 6.41. The summed E-state index contributed by atoms with van der Waals surface area (Å²) in [4.78, 5) is 15.5. The molecule has 6 nitrogen and oxygen atoms in total. The minimum absolute atomic E-state index is 0.0229. The van der Waals surface area contributed by atoms with E-state index < -0.39 is 0 Å². The van der Waals surface area contributed by atoms with E-state index >= 15 is 0 Å². The summed E-state index contributed by atoms with van der Waals surface area (Å²) >= 11 is 1.61. The smallest absolute Gasteiger partial charge is 0.257 e. The van der Waals surface area contributed by atoms with Crippen molar-refractivity contribution < 1.29 is 14.3 Å². The number of aliphatic hydroxyl groups excluding tert-OH is 1. The van der Waals surface area contributed by atoms with Gasteiger partial charge in [-0.05, 0) is 30.6 Å². The van der Waals surface area contributed by atoms with Crippen molar-refractivity contribution in [1.82, 2.24) is 9.91 Å². The minimum Gasteiger partial charge on any atom is -0.467 e. The molecule has 1 aliphatic heterocycles. The van der Waals surface area contributed by atoms with Crippen LogP contribution in [-0.2, 0) is 4.79 Å². The summed E-state index contributed by atoms with van der Waals surface area (Å²) in [6.45, 7) is 0.681. The second kappa shape index (κ2) is 7.08. The molecule has 0 aliphatic carbocycles. The lowest BCUT2D eigenvalue weighted by Crippen LogP contribution is -2.37. The highest BCUT2D eigenvalue weighted by atomic mass is 32.1. The van der Waals surface area contributed by atoms with E-state index in [1.807, 2.05) is 29.6 Å². The summed E-state index contributed by atoms with van der Waals surface area (Å²) in [5.41, 5.74) is 0.902. The van der Waals surface area contributed by atoms with Crippen LogP contribution in [0.3, 0.4) is 0 Å². The predicted molar refractivity (Wildman–Crippen MR) is 88.4 cm³/mol. The largest absolute Gasteiger partial charge is 0.467 e. The highest BCUT2D eigenvalue weighted by molar-refractivity contribution is 7.12. The lowest BCUT2D eigenvalue weighted by atomic mass is 10.1. The van der Waals surface area contributed by atoms with Crippen LogP contribution in [0, 0.1) is 0 Å². The Hall–Kier alpha value is -1.96. The predicted octanol–water partition coefficient (Wildman–Crippen LogP) is 1.94. The molecule has 1 atom stereocenters. The molecule has 3 heterocycles. The number of hydrazone groups is 1. The van der Waals surface area contributed by atoms with Crippen LogP contribution >= 0.6 is 11.3 Å². The van der Waals surface area contributed by atoms with E-state index in [4.69, 9.17) is 9.52 Å². The fraction of sp³-hybridized carbons (Fsp3) is 0.375. The van der Waals surface area contributed by atoms with Crippen LogP contribution in [-0.4, -0.2) is 53.4 Å². The normalized spacial score (nSPS) is 17.8. The number of rotatable bonds is 6. The molecule has 2 aromatic heterocycles. The number of carbonyl (C=O) groups excluding carboxylic acids is 1. The fourth-order valence-corrected chi connectivity index (χ4v) is 3.31. The molecule has 1 amide bonds. The lowest BCUT2D eigenvalue weighted by molar-refractivity contribution is -0.134. The number of furan rings is 1. The van der Waals surface area contributed by atoms with Crippen LogP contribution in [0.5, 0.6) is 0 Å². The van der Waals surface area contributed by atoms with Crippen LogP contribution in [0.15, 0.2) is 45.4 Å². The minimum atomic E-state index is -0.211. The highest BCUT2D eigenvalue weighted by Crippen LogP contribution is 2.33. The zero-order chi connectivity index (χ0) is 16.2. The molecule has 1 unspecified atom stereocenters. The molecule has 23 heavy (non-hydrogen) atoms. The van der Waals surface area contributed by atoms with Gasteiger partial charge in [0.25, 0.3) is 5.91 Å². The molecule has 3 rings (SSSR count). The Balaban J connectivity index is 1.81. The van der Waals surface area contributed by atoms with Crippen molar-refractivity contribution in [2.45, 2.75) is 12.5 Å². The first-order valence-electron chi connectivity index (χ1n) is 7.45. The summed E-state index contributed by atoms with van der Waals surface area (Å²) < 4.78 is 5.50. The Labute approximate surface area is 138 Å². The third-order valence-corrected chi connectivity index (χ3v) is 4.65. The topological polar surface area (TPSA) is 69.3 Å². The van der Waals surface area contributed by atoms with Gasteiger partial charge in [0.05, 0.1) is 30.0 Å². The van der Waals surface area contributed by atoms with Crippen LogP contribution in [0.2, 0.25) is 0 Å². The van der Waals surface area contributed by atoms with Gasteiger partial charge in [0.15, 0.2) is 0 Å². The van der Waals surface area contributed by atoms with E-state index in [1.54, 1.807) is 29.5 Å². The van der Waals surface area contributed by atoms with Crippen molar-refractivity contribution >= 4 is 23.0 Å². The summed E-state index contributed by atoms with van der Waals surface area (Å²) in [5, 5.41) is 17.0. The SMILES string of the molecule is CN(CCO)CC(=O)N1N=C(c2cccs2)CC1c1ccco1. The molecule has 0 radical (unpaired) electrons. The van der Waals surface area contributed by atoms with Gasteiger partial charge in [0.1, 0.15) is 11.8 Å². The summed E-state index contributed by atoms with van der Waals surface area (Å²) in [6, 6.07) is 7.46. The van der Waals surface area contributed by atoms with E-state index in [0.717, 1.165) is 16.3 Å². The fourth-order valence-electron chi connectivity index (χ4n) is 2.59. The summed E-state index contributed by atoms with van der Waals surface area (Å²) in [7, 11) is 1.80.